The van der Waals surface area contributed by atoms with Crippen molar-refractivity contribution in [1.29, 1.82) is 5.26 Å². The zero-order valence-electron chi connectivity index (χ0n) is 13.1. The molecule has 2 atom stereocenters. The van der Waals surface area contributed by atoms with Crippen LogP contribution < -0.4 is 10.1 Å². The van der Waals surface area contributed by atoms with Crippen molar-refractivity contribution in [2.75, 3.05) is 7.11 Å². The number of nitrogens with one attached hydrogen (secondary N) is 1. The van der Waals surface area contributed by atoms with Crippen LogP contribution in [0, 0.1) is 17.2 Å². The Balaban J connectivity index is 2.11. The molecule has 1 aromatic carbocycles. The minimum atomic E-state index is -0.288. The van der Waals surface area contributed by atoms with Crippen molar-refractivity contribution in [3.05, 3.63) is 35.4 Å². The number of ether oxygens (including phenoxy) is 1. The normalized spacial score (nSPS) is 21.8. The summed E-state index contributed by atoms with van der Waals surface area (Å²) in [5.74, 6) is 0.880. The lowest BCUT2D eigenvalue weighted by molar-refractivity contribution is -0.118. The summed E-state index contributed by atoms with van der Waals surface area (Å²) < 4.78 is 5.15. The lowest BCUT2D eigenvalue weighted by Crippen LogP contribution is -2.41. The van der Waals surface area contributed by atoms with Crippen molar-refractivity contribution in [2.24, 2.45) is 5.92 Å². The molecule has 0 aliphatic heterocycles. The topological polar surface area (TPSA) is 62.1 Å². The monoisotopic (exact) mass is 298 g/mol. The number of methoxy groups -OCH3 is 1. The first kappa shape index (κ1) is 16.1. The number of nitriles is 1. The molecule has 1 amide bonds. The van der Waals surface area contributed by atoms with Gasteiger partial charge >= 0.3 is 0 Å². The van der Waals surface area contributed by atoms with Gasteiger partial charge in [0, 0.05) is 6.04 Å². The number of rotatable bonds is 4. The Morgan fingerprint density at radius 2 is 2.18 bits per heavy atom. The van der Waals surface area contributed by atoms with Crippen LogP contribution in [0.25, 0.3) is 6.08 Å². The average Bonchev–Trinajstić information content (AvgIpc) is 2.54. The van der Waals surface area contributed by atoms with E-state index in [1.807, 2.05) is 24.3 Å². The second-order valence-corrected chi connectivity index (χ2v) is 5.79. The fraction of sp³-hybridized carbons (Fsp3) is 0.444. The third kappa shape index (κ3) is 4.11. The number of amides is 1. The highest BCUT2D eigenvalue weighted by atomic mass is 16.5. The van der Waals surface area contributed by atoms with Crippen molar-refractivity contribution >= 4 is 12.0 Å². The Morgan fingerprint density at radius 3 is 2.86 bits per heavy atom. The van der Waals surface area contributed by atoms with Gasteiger partial charge in [-0.15, -0.1) is 0 Å². The van der Waals surface area contributed by atoms with Gasteiger partial charge < -0.3 is 10.1 Å². The predicted octanol–water partition coefficient (Wildman–Crippen LogP) is 3.30. The zero-order valence-corrected chi connectivity index (χ0v) is 13.1. The van der Waals surface area contributed by atoms with Crippen LogP contribution in [0.3, 0.4) is 0 Å². The number of hydrogen-bond donors (Lipinski definition) is 1. The third-order valence-electron chi connectivity index (χ3n) is 4.20. The largest absolute Gasteiger partial charge is 0.497 e. The van der Waals surface area contributed by atoms with Crippen LogP contribution >= 0.6 is 0 Å². The van der Waals surface area contributed by atoms with Crippen LogP contribution in [-0.4, -0.2) is 19.1 Å². The summed E-state index contributed by atoms with van der Waals surface area (Å²) in [6.45, 7) is 2.15. The molecule has 0 radical (unpaired) electrons. The maximum absolute atomic E-state index is 12.3. The van der Waals surface area contributed by atoms with Gasteiger partial charge in [0.1, 0.15) is 17.4 Å². The fourth-order valence-electron chi connectivity index (χ4n) is 2.82. The second kappa shape index (κ2) is 7.65. The Morgan fingerprint density at radius 1 is 1.41 bits per heavy atom. The molecular weight excluding hydrogens is 276 g/mol. The lowest BCUT2D eigenvalue weighted by atomic mass is 9.86. The minimum Gasteiger partial charge on any atom is -0.497 e. The van der Waals surface area contributed by atoms with E-state index in [4.69, 9.17) is 4.74 Å². The van der Waals surface area contributed by atoms with Gasteiger partial charge in [-0.1, -0.05) is 31.9 Å². The van der Waals surface area contributed by atoms with Gasteiger partial charge in [-0.2, -0.15) is 5.26 Å². The summed E-state index contributed by atoms with van der Waals surface area (Å²) in [6, 6.07) is 9.47. The summed E-state index contributed by atoms with van der Waals surface area (Å²) in [4.78, 5) is 12.3. The summed E-state index contributed by atoms with van der Waals surface area (Å²) in [6.07, 6.45) is 6.08. The van der Waals surface area contributed by atoms with Gasteiger partial charge in [0.05, 0.1) is 7.11 Å². The third-order valence-corrected chi connectivity index (χ3v) is 4.20. The first-order chi connectivity index (χ1) is 10.6. The maximum Gasteiger partial charge on any atom is 0.262 e. The van der Waals surface area contributed by atoms with E-state index < -0.39 is 0 Å². The van der Waals surface area contributed by atoms with Crippen LogP contribution in [-0.2, 0) is 4.79 Å². The Hall–Kier alpha value is -2.28. The number of hydrogen-bond acceptors (Lipinski definition) is 3. The smallest absolute Gasteiger partial charge is 0.262 e. The molecule has 22 heavy (non-hydrogen) atoms. The van der Waals surface area contributed by atoms with E-state index in [0.717, 1.165) is 24.8 Å². The van der Waals surface area contributed by atoms with E-state index in [-0.39, 0.29) is 17.5 Å². The number of nitrogens with zero attached hydrogens (tertiary/aromatic N) is 1. The highest BCUT2D eigenvalue weighted by Crippen LogP contribution is 2.24. The highest BCUT2D eigenvalue weighted by Gasteiger charge is 2.23. The quantitative estimate of drug-likeness (QED) is 0.685. The molecule has 1 aliphatic carbocycles. The van der Waals surface area contributed by atoms with E-state index in [0.29, 0.717) is 11.7 Å². The average molecular weight is 298 g/mol. The summed E-state index contributed by atoms with van der Waals surface area (Å²) >= 11 is 0. The molecule has 1 aliphatic rings. The van der Waals surface area contributed by atoms with Gasteiger partial charge in [0.15, 0.2) is 0 Å². The highest BCUT2D eigenvalue weighted by molar-refractivity contribution is 6.01. The van der Waals surface area contributed by atoms with Crippen LogP contribution in [0.5, 0.6) is 5.75 Å². The molecule has 0 saturated heterocycles. The van der Waals surface area contributed by atoms with Crippen molar-refractivity contribution in [3.8, 4) is 11.8 Å². The zero-order chi connectivity index (χ0) is 15.9. The van der Waals surface area contributed by atoms with E-state index in [9.17, 15) is 10.1 Å². The molecule has 2 unspecified atom stereocenters. The number of benzene rings is 1. The summed E-state index contributed by atoms with van der Waals surface area (Å²) in [7, 11) is 1.59. The van der Waals surface area contributed by atoms with Crippen molar-refractivity contribution in [3.63, 3.8) is 0 Å². The van der Waals surface area contributed by atoms with E-state index >= 15 is 0 Å². The molecule has 4 heteroatoms. The second-order valence-electron chi connectivity index (χ2n) is 5.79. The van der Waals surface area contributed by atoms with E-state index in [2.05, 4.69) is 12.2 Å². The molecule has 1 N–H and O–H groups in total. The summed E-state index contributed by atoms with van der Waals surface area (Å²) in [5.41, 5.74) is 0.911. The SMILES string of the molecule is COc1cccc(/C=C(/C#N)C(=O)NC2CCCCC2C)c1. The fourth-order valence-corrected chi connectivity index (χ4v) is 2.82. The molecule has 4 nitrogen and oxygen atoms in total. The van der Waals surface area contributed by atoms with Crippen molar-refractivity contribution in [2.45, 2.75) is 38.6 Å². The van der Waals surface area contributed by atoms with Crippen molar-refractivity contribution < 1.29 is 9.53 Å². The first-order valence-electron chi connectivity index (χ1n) is 7.70. The van der Waals surface area contributed by atoms with Crippen molar-refractivity contribution in [1.82, 2.24) is 5.32 Å². The van der Waals surface area contributed by atoms with Gasteiger partial charge in [-0.05, 0) is 42.5 Å². The molecular formula is C18H22N2O2. The lowest BCUT2D eigenvalue weighted by Gasteiger charge is -2.29. The molecule has 1 saturated carbocycles. The number of carbonyl (C=O) groups is 1. The van der Waals surface area contributed by atoms with E-state index in [1.54, 1.807) is 19.3 Å². The molecule has 1 fully saturated rings. The molecule has 0 heterocycles. The minimum absolute atomic E-state index is 0.131. The summed E-state index contributed by atoms with van der Waals surface area (Å²) in [5, 5.41) is 12.3. The van der Waals surface area contributed by atoms with E-state index in [1.165, 1.54) is 6.42 Å². The molecule has 0 spiro atoms. The van der Waals surface area contributed by atoms with Crippen LogP contribution in [0.2, 0.25) is 0 Å². The Labute approximate surface area is 131 Å². The Bertz CT molecular complexity index is 601. The van der Waals surface area contributed by atoms with Gasteiger partial charge in [0.25, 0.3) is 5.91 Å². The van der Waals surface area contributed by atoms with Gasteiger partial charge in [-0.3, -0.25) is 4.79 Å². The van der Waals surface area contributed by atoms with Gasteiger partial charge in [-0.25, -0.2) is 0 Å². The molecule has 2 rings (SSSR count). The standard InChI is InChI=1S/C18H22N2O2/c1-13-6-3-4-9-17(13)20-18(21)15(12-19)10-14-7-5-8-16(11-14)22-2/h5,7-8,10-11,13,17H,3-4,6,9H2,1-2H3,(H,20,21)/b15-10-. The maximum atomic E-state index is 12.3. The predicted molar refractivity (Wildman–Crippen MR) is 86.1 cm³/mol. The first-order valence-corrected chi connectivity index (χ1v) is 7.70. The number of carbonyl (C=O) groups excluding carboxylic acids is 1. The molecule has 0 aromatic heterocycles. The Kier molecular flexibility index (Phi) is 5.60. The molecule has 1 aromatic rings. The van der Waals surface area contributed by atoms with Crippen LogP contribution in [0.4, 0.5) is 0 Å². The molecule has 0 bridgehead atoms. The molecule has 116 valence electrons. The van der Waals surface area contributed by atoms with Crippen LogP contribution in [0.15, 0.2) is 29.8 Å². The van der Waals surface area contributed by atoms with Crippen LogP contribution in [0.1, 0.15) is 38.2 Å². The van der Waals surface area contributed by atoms with Gasteiger partial charge in [0.2, 0.25) is 0 Å².